The Morgan fingerprint density at radius 1 is 0.913 bits per heavy atom. The fourth-order valence-corrected chi connectivity index (χ4v) is 3.10. The molecule has 1 rings (SSSR count). The van der Waals surface area contributed by atoms with E-state index in [1.54, 1.807) is 0 Å². The Bertz CT molecular complexity index is 439. The van der Waals surface area contributed by atoms with Crippen molar-refractivity contribution in [2.24, 2.45) is 0 Å². The molecule has 0 fully saturated rings. The smallest absolute Gasteiger partial charge is 0.0653 e. The summed E-state index contributed by atoms with van der Waals surface area (Å²) < 4.78 is 0. The van der Waals surface area contributed by atoms with Gasteiger partial charge < -0.3 is 0 Å². The van der Waals surface area contributed by atoms with Crippen molar-refractivity contribution in [2.45, 2.75) is 83.9 Å². The first-order valence-electron chi connectivity index (χ1n) is 9.43. The van der Waals surface area contributed by atoms with Gasteiger partial charge in [0, 0.05) is 5.02 Å². The van der Waals surface area contributed by atoms with Gasteiger partial charge in [-0.2, -0.15) is 0 Å². The topological polar surface area (TPSA) is 0 Å². The van der Waals surface area contributed by atoms with E-state index in [-0.39, 0.29) is 0 Å². The van der Waals surface area contributed by atoms with Gasteiger partial charge in [0.1, 0.15) is 0 Å². The van der Waals surface area contributed by atoms with Crippen LogP contribution in [0.5, 0.6) is 0 Å². The number of halogens is 1. The van der Waals surface area contributed by atoms with E-state index in [2.05, 4.69) is 37.3 Å². The average Bonchev–Trinajstić information content (AvgIpc) is 2.56. The maximum atomic E-state index is 6.39. The second-order valence-corrected chi connectivity index (χ2v) is 6.79. The van der Waals surface area contributed by atoms with Crippen molar-refractivity contribution in [2.75, 3.05) is 0 Å². The maximum absolute atomic E-state index is 6.39. The maximum Gasteiger partial charge on any atom is 0.0653 e. The third-order valence-electron chi connectivity index (χ3n) is 4.27. The van der Waals surface area contributed by atoms with E-state index in [4.69, 9.17) is 19.4 Å². The van der Waals surface area contributed by atoms with Gasteiger partial charge in [-0.25, -0.2) is 0 Å². The van der Waals surface area contributed by atoms with Gasteiger partial charge >= 0.3 is 0 Å². The molecule has 2 radical (unpaired) electrons. The second-order valence-electron chi connectivity index (χ2n) is 6.38. The monoisotopic (exact) mass is 330 g/mol. The van der Waals surface area contributed by atoms with E-state index in [1.807, 2.05) is 0 Å². The first kappa shape index (κ1) is 20.4. The lowest BCUT2D eigenvalue weighted by Gasteiger charge is -2.06. The highest BCUT2D eigenvalue weighted by Gasteiger charge is 2.01. The molecule has 126 valence electrons. The Balaban J connectivity index is 2.10. The zero-order valence-electron chi connectivity index (χ0n) is 14.8. The summed E-state index contributed by atoms with van der Waals surface area (Å²) in [5.41, 5.74) is 2.50. The molecule has 0 aliphatic heterocycles. The van der Waals surface area contributed by atoms with Gasteiger partial charge in [0.15, 0.2) is 0 Å². The highest BCUT2D eigenvalue weighted by atomic mass is 35.5. The Hall–Kier alpha value is -0.685. The molecule has 0 saturated carbocycles. The molecular weight excluding hydrogens is 298 g/mol. The Morgan fingerprint density at radius 3 is 2.09 bits per heavy atom. The molecule has 0 saturated heterocycles. The van der Waals surface area contributed by atoms with E-state index < -0.39 is 0 Å². The van der Waals surface area contributed by atoms with Crippen LogP contribution >= 0.6 is 11.6 Å². The van der Waals surface area contributed by atoms with Crippen molar-refractivity contribution < 1.29 is 0 Å². The molecule has 2 heteroatoms. The number of hydrogen-bond donors (Lipinski definition) is 0. The highest BCUT2D eigenvalue weighted by Crippen LogP contribution is 2.21. The number of hydrogen-bond acceptors (Lipinski definition) is 0. The summed E-state index contributed by atoms with van der Waals surface area (Å²) in [5.74, 6) is 0. The average molecular weight is 331 g/mol. The minimum atomic E-state index is 0.846. The number of unbranched alkanes of at least 4 members (excludes halogenated alkanes) is 8. The lowest BCUT2D eigenvalue weighted by Crippen LogP contribution is -1.89. The summed E-state index contributed by atoms with van der Waals surface area (Å²) >= 11 is 6.39. The molecule has 0 N–H and O–H groups in total. The minimum Gasteiger partial charge on any atom is -0.0887 e. The van der Waals surface area contributed by atoms with Crippen molar-refractivity contribution in [3.8, 4) is 0 Å². The molecule has 23 heavy (non-hydrogen) atoms. The zero-order valence-corrected chi connectivity index (χ0v) is 15.6. The van der Waals surface area contributed by atoms with E-state index in [0.717, 1.165) is 24.2 Å². The van der Waals surface area contributed by atoms with Crippen molar-refractivity contribution in [1.29, 1.82) is 0 Å². The van der Waals surface area contributed by atoms with Crippen LogP contribution in [0, 0.1) is 0 Å². The predicted molar refractivity (Wildman–Crippen MR) is 107 cm³/mol. The molecule has 0 atom stereocenters. The van der Waals surface area contributed by atoms with Crippen LogP contribution in [0.3, 0.4) is 0 Å². The first-order chi connectivity index (χ1) is 11.3. The summed E-state index contributed by atoms with van der Waals surface area (Å²) in [5, 5.41) is 0.920. The second kappa shape index (κ2) is 13.7. The molecule has 0 spiro atoms. The van der Waals surface area contributed by atoms with Crippen LogP contribution in [0.1, 0.15) is 82.3 Å². The van der Waals surface area contributed by atoms with Crippen LogP contribution in [0.15, 0.2) is 24.3 Å². The Labute approximate surface area is 150 Å². The SMILES string of the molecule is [B]CCCCCCCCCCCc1ccc(/C=C/CC)cc1Cl. The summed E-state index contributed by atoms with van der Waals surface area (Å²) in [6, 6.07) is 6.45. The van der Waals surface area contributed by atoms with Gasteiger partial charge in [-0.3, -0.25) is 0 Å². The molecule has 0 aliphatic carbocycles. The minimum absolute atomic E-state index is 0.846. The van der Waals surface area contributed by atoms with Crippen LogP contribution in [0.4, 0.5) is 0 Å². The van der Waals surface area contributed by atoms with Crippen LogP contribution in [-0.2, 0) is 6.42 Å². The Kier molecular flexibility index (Phi) is 12.2. The molecule has 0 nitrogen and oxygen atoms in total. The standard InChI is InChI=1S/C21H32BCl/c1-2-3-13-19-15-16-20(21(23)18-19)14-11-9-7-5-4-6-8-10-12-17-22/h3,13,15-16,18H,2,4-12,14,17H2,1H3/b13-3+. The highest BCUT2D eigenvalue weighted by molar-refractivity contribution is 6.31. The van der Waals surface area contributed by atoms with E-state index in [9.17, 15) is 0 Å². The van der Waals surface area contributed by atoms with Crippen LogP contribution < -0.4 is 0 Å². The molecule has 0 bridgehead atoms. The molecule has 0 unspecified atom stereocenters. The molecule has 0 aromatic heterocycles. The molecule has 0 amide bonds. The largest absolute Gasteiger partial charge is 0.0887 e. The first-order valence-corrected chi connectivity index (χ1v) is 9.80. The summed E-state index contributed by atoms with van der Waals surface area (Å²) in [6.45, 7) is 2.15. The third kappa shape index (κ3) is 9.92. The van der Waals surface area contributed by atoms with E-state index in [1.165, 1.54) is 68.9 Å². The van der Waals surface area contributed by atoms with Gasteiger partial charge in [-0.1, -0.05) is 100 Å². The fraction of sp³-hybridized carbons (Fsp3) is 0.619. The van der Waals surface area contributed by atoms with Gasteiger partial charge in [0.2, 0.25) is 0 Å². The zero-order chi connectivity index (χ0) is 16.8. The number of rotatable bonds is 13. The van der Waals surface area contributed by atoms with Gasteiger partial charge in [0.05, 0.1) is 7.85 Å². The van der Waals surface area contributed by atoms with Crippen molar-refractivity contribution in [1.82, 2.24) is 0 Å². The van der Waals surface area contributed by atoms with Gasteiger partial charge in [0.25, 0.3) is 0 Å². The molecule has 1 aromatic carbocycles. The quantitative estimate of drug-likeness (QED) is 0.261. The van der Waals surface area contributed by atoms with E-state index in [0.29, 0.717) is 0 Å². The van der Waals surface area contributed by atoms with Crippen molar-refractivity contribution >= 4 is 25.5 Å². The number of allylic oxidation sites excluding steroid dienone is 1. The number of aryl methyl sites for hydroxylation is 1. The van der Waals surface area contributed by atoms with Crippen molar-refractivity contribution in [3.05, 3.63) is 40.4 Å². The van der Waals surface area contributed by atoms with Gasteiger partial charge in [-0.15, -0.1) is 0 Å². The fourth-order valence-electron chi connectivity index (χ4n) is 2.82. The normalized spacial score (nSPS) is 11.4. The van der Waals surface area contributed by atoms with Crippen LogP contribution in [0.25, 0.3) is 6.08 Å². The van der Waals surface area contributed by atoms with Crippen LogP contribution in [-0.4, -0.2) is 7.85 Å². The van der Waals surface area contributed by atoms with Gasteiger partial charge in [-0.05, 0) is 36.5 Å². The van der Waals surface area contributed by atoms with E-state index >= 15 is 0 Å². The summed E-state index contributed by atoms with van der Waals surface area (Å²) in [4.78, 5) is 0. The number of benzene rings is 1. The Morgan fingerprint density at radius 2 is 1.52 bits per heavy atom. The van der Waals surface area contributed by atoms with Crippen molar-refractivity contribution in [3.63, 3.8) is 0 Å². The molecular formula is C21H32BCl. The summed E-state index contributed by atoms with van der Waals surface area (Å²) in [7, 11) is 5.50. The summed E-state index contributed by atoms with van der Waals surface area (Å²) in [6.07, 6.45) is 19.2. The lowest BCUT2D eigenvalue weighted by atomic mass is 9.98. The predicted octanol–water partition coefficient (Wildman–Crippen LogP) is 7.40. The molecule has 0 aliphatic rings. The molecule has 1 aromatic rings. The lowest BCUT2D eigenvalue weighted by molar-refractivity contribution is 0.565. The third-order valence-corrected chi connectivity index (χ3v) is 4.63. The molecule has 0 heterocycles. The van der Waals surface area contributed by atoms with Crippen LogP contribution in [0.2, 0.25) is 11.3 Å².